The van der Waals surface area contributed by atoms with Gasteiger partial charge in [0, 0.05) is 44.4 Å². The van der Waals surface area contributed by atoms with Gasteiger partial charge >= 0.3 is 0 Å². The van der Waals surface area contributed by atoms with E-state index < -0.39 is 0 Å². The fourth-order valence-corrected chi connectivity index (χ4v) is 2.87. The van der Waals surface area contributed by atoms with Gasteiger partial charge in [-0.3, -0.25) is 0 Å². The zero-order chi connectivity index (χ0) is 21.8. The van der Waals surface area contributed by atoms with E-state index in [2.05, 4.69) is 21.7 Å². The Balaban J connectivity index is 0.00000480. The van der Waals surface area contributed by atoms with Crippen LogP contribution in [0.1, 0.15) is 30.0 Å². The molecule has 0 spiro atoms. The minimum Gasteiger partial charge on any atom is -0.504 e. The van der Waals surface area contributed by atoms with Crippen LogP contribution in [0.2, 0.25) is 0 Å². The number of hydrogen-bond donors (Lipinski definition) is 3. The van der Waals surface area contributed by atoms with E-state index in [1.54, 1.807) is 13.2 Å². The first-order chi connectivity index (χ1) is 14.6. The number of rotatable bonds is 11. The number of aliphatic imine (C=N–C) groups is 1. The predicted octanol–water partition coefficient (Wildman–Crippen LogP) is 4.00. The minimum absolute atomic E-state index is 0. The average molecular weight is 543 g/mol. The Hall–Kier alpha value is -2.20. The number of halogens is 1. The molecule has 0 heterocycles. The van der Waals surface area contributed by atoms with Crippen molar-refractivity contribution < 1.29 is 19.3 Å². The van der Waals surface area contributed by atoms with Crippen molar-refractivity contribution >= 4 is 29.9 Å². The van der Waals surface area contributed by atoms with Crippen molar-refractivity contribution in [3.63, 3.8) is 0 Å². The first-order valence-corrected chi connectivity index (χ1v) is 10.2. The van der Waals surface area contributed by atoms with Gasteiger partial charge in [0.25, 0.3) is 0 Å². The zero-order valence-electron chi connectivity index (χ0n) is 18.7. The van der Waals surface area contributed by atoms with Crippen molar-refractivity contribution in [2.45, 2.75) is 33.4 Å². The number of nitrogens with one attached hydrogen (secondary N) is 2. The molecule has 172 valence electrons. The molecule has 0 aliphatic carbocycles. The molecule has 0 saturated heterocycles. The quantitative estimate of drug-likeness (QED) is 0.172. The SMILES string of the molecule is CCNC(=NCc1ccc(C)cc1OCCCOC)NCc1cccc(OC)c1O.I. The van der Waals surface area contributed by atoms with Crippen LogP contribution in [0.3, 0.4) is 0 Å². The number of nitrogens with zero attached hydrogens (tertiary/aromatic N) is 1. The summed E-state index contributed by atoms with van der Waals surface area (Å²) in [5.41, 5.74) is 2.89. The summed E-state index contributed by atoms with van der Waals surface area (Å²) in [5.74, 6) is 2.08. The van der Waals surface area contributed by atoms with Crippen LogP contribution in [-0.2, 0) is 17.8 Å². The Morgan fingerprint density at radius 1 is 1.03 bits per heavy atom. The maximum absolute atomic E-state index is 10.3. The van der Waals surface area contributed by atoms with Crippen LogP contribution in [-0.4, -0.2) is 45.0 Å². The number of methoxy groups -OCH3 is 2. The molecule has 7 nitrogen and oxygen atoms in total. The van der Waals surface area contributed by atoms with Crippen LogP contribution < -0.4 is 20.1 Å². The first-order valence-electron chi connectivity index (χ1n) is 10.2. The van der Waals surface area contributed by atoms with E-state index in [1.807, 2.05) is 38.1 Å². The Morgan fingerprint density at radius 3 is 2.55 bits per heavy atom. The second-order valence-corrected chi connectivity index (χ2v) is 6.82. The molecule has 2 rings (SSSR count). The molecule has 31 heavy (non-hydrogen) atoms. The maximum Gasteiger partial charge on any atom is 0.191 e. The van der Waals surface area contributed by atoms with Crippen molar-refractivity contribution in [1.82, 2.24) is 10.6 Å². The molecule has 0 aliphatic heterocycles. The van der Waals surface area contributed by atoms with Gasteiger partial charge in [0.2, 0.25) is 0 Å². The van der Waals surface area contributed by atoms with Crippen LogP contribution >= 0.6 is 24.0 Å². The van der Waals surface area contributed by atoms with Gasteiger partial charge in [-0.1, -0.05) is 24.3 Å². The average Bonchev–Trinajstić information content (AvgIpc) is 2.75. The Bertz CT molecular complexity index is 830. The van der Waals surface area contributed by atoms with Crippen molar-refractivity contribution in [3.05, 3.63) is 53.1 Å². The summed E-state index contributed by atoms with van der Waals surface area (Å²) in [6, 6.07) is 11.6. The van der Waals surface area contributed by atoms with Crippen molar-refractivity contribution in [3.8, 4) is 17.2 Å². The first kappa shape index (κ1) is 26.8. The lowest BCUT2D eigenvalue weighted by Gasteiger charge is -2.15. The van der Waals surface area contributed by atoms with Crippen LogP contribution in [0.5, 0.6) is 17.2 Å². The van der Waals surface area contributed by atoms with E-state index in [0.717, 1.165) is 35.4 Å². The molecule has 3 N–H and O–H groups in total. The fraction of sp³-hybridized carbons (Fsp3) is 0.435. The monoisotopic (exact) mass is 543 g/mol. The van der Waals surface area contributed by atoms with Gasteiger partial charge in [0.05, 0.1) is 20.3 Å². The van der Waals surface area contributed by atoms with Crippen LogP contribution in [0.4, 0.5) is 0 Å². The third-order valence-corrected chi connectivity index (χ3v) is 4.47. The van der Waals surface area contributed by atoms with Crippen LogP contribution in [0.25, 0.3) is 0 Å². The number of para-hydroxylation sites is 1. The van der Waals surface area contributed by atoms with Gasteiger partial charge in [-0.25, -0.2) is 4.99 Å². The molecule has 8 heteroatoms. The minimum atomic E-state index is 0. The van der Waals surface area contributed by atoms with Crippen molar-refractivity contribution in [2.24, 2.45) is 4.99 Å². The predicted molar refractivity (Wildman–Crippen MR) is 135 cm³/mol. The molecule has 0 atom stereocenters. The zero-order valence-corrected chi connectivity index (χ0v) is 21.1. The number of phenolic OH excluding ortho intramolecular Hbond substituents is 1. The molecule has 0 unspecified atom stereocenters. The Kier molecular flexibility index (Phi) is 12.8. The summed E-state index contributed by atoms with van der Waals surface area (Å²) < 4.78 is 16.2. The van der Waals surface area contributed by atoms with Gasteiger partial charge in [-0.2, -0.15) is 0 Å². The van der Waals surface area contributed by atoms with Gasteiger partial charge in [0.15, 0.2) is 17.5 Å². The molecule has 0 aromatic heterocycles. The van der Waals surface area contributed by atoms with E-state index in [9.17, 15) is 5.11 Å². The molecule has 0 radical (unpaired) electrons. The van der Waals surface area contributed by atoms with Gasteiger partial charge in [0.1, 0.15) is 5.75 Å². The van der Waals surface area contributed by atoms with E-state index in [1.165, 1.54) is 7.11 Å². The largest absolute Gasteiger partial charge is 0.504 e. The Morgan fingerprint density at radius 2 is 1.84 bits per heavy atom. The highest BCUT2D eigenvalue weighted by atomic mass is 127. The van der Waals surface area contributed by atoms with E-state index >= 15 is 0 Å². The molecule has 2 aromatic rings. The highest BCUT2D eigenvalue weighted by Gasteiger charge is 2.09. The summed E-state index contributed by atoms with van der Waals surface area (Å²) in [4.78, 5) is 4.68. The number of phenols is 1. The number of ether oxygens (including phenoxy) is 3. The highest BCUT2D eigenvalue weighted by Crippen LogP contribution is 2.29. The summed E-state index contributed by atoms with van der Waals surface area (Å²) >= 11 is 0. The van der Waals surface area contributed by atoms with E-state index in [-0.39, 0.29) is 29.7 Å². The lowest BCUT2D eigenvalue weighted by molar-refractivity contribution is 0.172. The summed E-state index contributed by atoms with van der Waals surface area (Å²) in [7, 11) is 3.22. The number of guanidine groups is 1. The molecule has 2 aromatic carbocycles. The molecule has 0 saturated carbocycles. The van der Waals surface area contributed by atoms with Gasteiger partial charge in [-0.05, 0) is 31.5 Å². The second-order valence-electron chi connectivity index (χ2n) is 6.82. The van der Waals surface area contributed by atoms with Crippen LogP contribution in [0, 0.1) is 6.92 Å². The molecular formula is C23H34IN3O4. The van der Waals surface area contributed by atoms with Gasteiger partial charge < -0.3 is 30.0 Å². The smallest absolute Gasteiger partial charge is 0.191 e. The number of benzene rings is 2. The number of hydrogen-bond acceptors (Lipinski definition) is 5. The lowest BCUT2D eigenvalue weighted by Crippen LogP contribution is -2.36. The molecule has 0 amide bonds. The fourth-order valence-electron chi connectivity index (χ4n) is 2.87. The highest BCUT2D eigenvalue weighted by molar-refractivity contribution is 14.0. The van der Waals surface area contributed by atoms with E-state index in [0.29, 0.717) is 38.0 Å². The standard InChI is InChI=1S/C23H33N3O4.HI/c1-5-24-23(26-16-19-8-6-9-20(29-4)22(19)27)25-15-18-11-10-17(2)14-21(18)30-13-7-12-28-3;/h6,8-11,14,27H,5,7,12-13,15-16H2,1-4H3,(H2,24,25,26);1H. The number of aryl methyl sites for hydroxylation is 1. The van der Waals surface area contributed by atoms with Crippen molar-refractivity contribution in [1.29, 1.82) is 0 Å². The second kappa shape index (κ2) is 14.7. The molecule has 0 bridgehead atoms. The topological polar surface area (TPSA) is 84.3 Å². The van der Waals surface area contributed by atoms with Gasteiger partial charge in [-0.15, -0.1) is 24.0 Å². The third kappa shape index (κ3) is 8.82. The maximum atomic E-state index is 10.3. The molecule has 0 fully saturated rings. The third-order valence-electron chi connectivity index (χ3n) is 4.47. The molecule has 0 aliphatic rings. The Labute approximate surface area is 202 Å². The molecular weight excluding hydrogens is 509 g/mol. The normalized spacial score (nSPS) is 10.9. The summed E-state index contributed by atoms with van der Waals surface area (Å²) in [6.45, 7) is 6.94. The summed E-state index contributed by atoms with van der Waals surface area (Å²) in [6.07, 6.45) is 0.835. The number of aromatic hydroxyl groups is 1. The summed E-state index contributed by atoms with van der Waals surface area (Å²) in [5, 5.41) is 16.8. The lowest BCUT2D eigenvalue weighted by atomic mass is 10.1. The van der Waals surface area contributed by atoms with E-state index in [4.69, 9.17) is 14.2 Å². The van der Waals surface area contributed by atoms with Crippen LogP contribution in [0.15, 0.2) is 41.4 Å². The van der Waals surface area contributed by atoms with Crippen molar-refractivity contribution in [2.75, 3.05) is 34.0 Å².